The number of fused-ring (bicyclic) bond motifs is 1. The van der Waals surface area contributed by atoms with Gasteiger partial charge in [0.05, 0.1) is 22.2 Å². The highest BCUT2D eigenvalue weighted by atomic mass is 32.2. The number of allylic oxidation sites excluding steroid dienone is 1. The van der Waals surface area contributed by atoms with Crippen LogP contribution >= 0.6 is 11.8 Å². The molecule has 0 aliphatic carbocycles. The molecule has 3 aromatic rings. The van der Waals surface area contributed by atoms with Crippen LogP contribution in [0.2, 0.25) is 0 Å². The van der Waals surface area contributed by atoms with Crippen LogP contribution in [0.4, 0.5) is 17.6 Å². The average Bonchev–Trinajstić information content (AvgIpc) is 3.48. The number of thioether (sulfide) groups is 1. The fraction of sp³-hybridized carbons (Fsp3) is 0.280. The number of H-pyrrole nitrogens is 1. The number of nitrogens with one attached hydrogen (secondary N) is 1. The van der Waals surface area contributed by atoms with E-state index in [-0.39, 0.29) is 22.8 Å². The van der Waals surface area contributed by atoms with Crippen molar-refractivity contribution in [3.63, 3.8) is 0 Å². The first-order valence-electron chi connectivity index (χ1n) is 11.4. The van der Waals surface area contributed by atoms with Crippen LogP contribution in [0.25, 0.3) is 16.5 Å². The number of alkyl halides is 3. The Labute approximate surface area is 213 Å². The van der Waals surface area contributed by atoms with E-state index in [9.17, 15) is 27.2 Å². The molecule has 2 aliphatic rings. The zero-order valence-electron chi connectivity index (χ0n) is 19.6. The highest BCUT2D eigenvalue weighted by molar-refractivity contribution is 8.18. The van der Waals surface area contributed by atoms with Crippen LogP contribution in [0.5, 0.6) is 0 Å². The third-order valence-corrected chi connectivity index (χ3v) is 7.54. The highest BCUT2D eigenvalue weighted by Crippen LogP contribution is 2.40. The summed E-state index contributed by atoms with van der Waals surface area (Å²) >= 11 is 1.10. The van der Waals surface area contributed by atoms with Crippen LogP contribution in [0.15, 0.2) is 52.5 Å². The van der Waals surface area contributed by atoms with E-state index in [4.69, 9.17) is 0 Å². The second-order valence-electron chi connectivity index (χ2n) is 8.75. The highest BCUT2D eigenvalue weighted by Gasteiger charge is 2.36. The van der Waals surface area contributed by atoms with Gasteiger partial charge in [-0.15, -0.1) is 0 Å². The van der Waals surface area contributed by atoms with Gasteiger partial charge < -0.3 is 9.80 Å². The molecule has 0 atom stereocenters. The van der Waals surface area contributed by atoms with Gasteiger partial charge in [0.25, 0.3) is 5.91 Å². The Balaban J connectivity index is 1.54. The van der Waals surface area contributed by atoms with E-state index < -0.39 is 23.5 Å². The number of piperazine rings is 1. The van der Waals surface area contributed by atoms with Crippen LogP contribution in [-0.2, 0) is 22.2 Å². The maximum atomic E-state index is 13.8. The van der Waals surface area contributed by atoms with Gasteiger partial charge in [-0.3, -0.25) is 14.7 Å². The van der Waals surface area contributed by atoms with Gasteiger partial charge in [-0.25, -0.2) is 4.39 Å². The summed E-state index contributed by atoms with van der Waals surface area (Å²) in [5.41, 5.74) is 0.389. The van der Waals surface area contributed by atoms with E-state index in [0.717, 1.165) is 34.8 Å². The first-order valence-corrected chi connectivity index (χ1v) is 12.3. The molecular formula is C25H21F4N5O2S. The summed E-state index contributed by atoms with van der Waals surface area (Å²) in [4.78, 5) is 32.7. The Morgan fingerprint density at radius 3 is 2.57 bits per heavy atom. The van der Waals surface area contributed by atoms with Crippen molar-refractivity contribution in [3.8, 4) is 0 Å². The second-order valence-corrected chi connectivity index (χ2v) is 9.73. The lowest BCUT2D eigenvalue weighted by Gasteiger charge is -2.34. The summed E-state index contributed by atoms with van der Waals surface area (Å²) in [6.07, 6.45) is -3.44. The minimum absolute atomic E-state index is 0.0333. The second kappa shape index (κ2) is 9.66. The Morgan fingerprint density at radius 2 is 1.86 bits per heavy atom. The number of amidine groups is 1. The van der Waals surface area contributed by atoms with Crippen molar-refractivity contribution in [2.45, 2.75) is 19.5 Å². The lowest BCUT2D eigenvalue weighted by Crippen LogP contribution is -2.49. The zero-order valence-corrected chi connectivity index (χ0v) is 20.4. The molecule has 0 radical (unpaired) electrons. The Morgan fingerprint density at radius 1 is 1.11 bits per heavy atom. The number of benzene rings is 2. The number of hydrogen-bond donors (Lipinski definition) is 1. The van der Waals surface area contributed by atoms with E-state index >= 15 is 0 Å². The monoisotopic (exact) mass is 531 g/mol. The maximum Gasteiger partial charge on any atom is 0.416 e. The van der Waals surface area contributed by atoms with Crippen LogP contribution < -0.4 is 0 Å². The summed E-state index contributed by atoms with van der Waals surface area (Å²) in [6, 6.07) is 7.73. The van der Waals surface area contributed by atoms with Crippen LogP contribution in [0.3, 0.4) is 0 Å². The molecule has 192 valence electrons. The summed E-state index contributed by atoms with van der Waals surface area (Å²) in [5.74, 6) is -1.58. The van der Waals surface area contributed by atoms with Crippen molar-refractivity contribution in [2.75, 3.05) is 26.2 Å². The molecule has 0 unspecified atom stereocenters. The van der Waals surface area contributed by atoms with Crippen molar-refractivity contribution in [1.29, 1.82) is 0 Å². The van der Waals surface area contributed by atoms with E-state index in [0.29, 0.717) is 48.5 Å². The Kier molecular flexibility index (Phi) is 6.52. The number of nitrogens with zero attached hydrogens (tertiary/aromatic N) is 4. The first kappa shape index (κ1) is 25.0. The van der Waals surface area contributed by atoms with Crippen LogP contribution in [0.1, 0.15) is 23.6 Å². The predicted molar refractivity (Wildman–Crippen MR) is 132 cm³/mol. The number of carbonyl (C=O) groups is 2. The van der Waals surface area contributed by atoms with Crippen molar-refractivity contribution in [3.05, 3.63) is 70.0 Å². The van der Waals surface area contributed by atoms with Gasteiger partial charge in [-0.1, -0.05) is 12.1 Å². The smallest absolute Gasteiger partial charge is 0.347 e. The molecule has 2 aromatic carbocycles. The van der Waals surface area contributed by atoms with Crippen LogP contribution in [0, 0.1) is 5.82 Å². The molecule has 0 spiro atoms. The van der Waals surface area contributed by atoms with E-state index in [1.165, 1.54) is 6.92 Å². The first-order chi connectivity index (χ1) is 17.6. The standard InChI is InChI=1S/C25H21F4N5O2S/c1-14(35)33-6-8-34(9-7-33)24-31-23(36)22(37-24)19(15-3-5-21-17(10-15)13-30-32-21)11-16-2-4-18(26)12-20(16)25(27,28)29/h2-5,10,12-13H,6-9,11H2,1H3,(H,30,32). The molecule has 5 rings (SSSR count). The van der Waals surface area contributed by atoms with Gasteiger partial charge in [0, 0.05) is 38.5 Å². The molecular weight excluding hydrogens is 510 g/mol. The summed E-state index contributed by atoms with van der Waals surface area (Å²) < 4.78 is 55.1. The molecule has 2 amide bonds. The van der Waals surface area contributed by atoms with Crippen molar-refractivity contribution >= 4 is 45.2 Å². The molecule has 1 N–H and O–H groups in total. The largest absolute Gasteiger partial charge is 0.416 e. The fourth-order valence-corrected chi connectivity index (χ4v) is 5.50. The molecule has 0 bridgehead atoms. The molecule has 2 aliphatic heterocycles. The summed E-state index contributed by atoms with van der Waals surface area (Å²) in [6.45, 7) is 3.43. The lowest BCUT2D eigenvalue weighted by atomic mass is 9.93. The number of aromatic amines is 1. The Hall–Kier alpha value is -3.67. The third kappa shape index (κ3) is 5.10. The van der Waals surface area contributed by atoms with Crippen molar-refractivity contribution < 1.29 is 27.2 Å². The van der Waals surface area contributed by atoms with Crippen molar-refractivity contribution in [1.82, 2.24) is 20.0 Å². The summed E-state index contributed by atoms with van der Waals surface area (Å²) in [7, 11) is 0. The minimum atomic E-state index is -4.77. The van der Waals surface area contributed by atoms with Gasteiger partial charge in [-0.05, 0) is 59.1 Å². The topological polar surface area (TPSA) is 81.7 Å². The van der Waals surface area contributed by atoms with E-state index in [1.54, 1.807) is 29.3 Å². The number of amides is 2. The zero-order chi connectivity index (χ0) is 26.3. The SMILES string of the molecule is CC(=O)N1CCN(C2=NC(=O)C(=C(Cc3ccc(F)cc3C(F)(F)F)c3ccc4[nH]ncc4c3)S2)CC1. The third-order valence-electron chi connectivity index (χ3n) is 6.39. The molecule has 7 nitrogen and oxygen atoms in total. The van der Waals surface area contributed by atoms with E-state index in [2.05, 4.69) is 15.2 Å². The molecule has 0 saturated carbocycles. The van der Waals surface area contributed by atoms with Gasteiger partial charge >= 0.3 is 6.18 Å². The quantitative estimate of drug-likeness (QED) is 0.399. The van der Waals surface area contributed by atoms with Gasteiger partial charge in [0.1, 0.15) is 5.82 Å². The molecule has 37 heavy (non-hydrogen) atoms. The Bertz CT molecular complexity index is 1450. The fourth-order valence-electron chi connectivity index (χ4n) is 4.44. The number of halogens is 4. The molecule has 1 saturated heterocycles. The molecule has 1 aromatic heterocycles. The molecule has 1 fully saturated rings. The van der Waals surface area contributed by atoms with E-state index in [1.807, 2.05) is 4.90 Å². The molecule has 12 heteroatoms. The van der Waals surface area contributed by atoms with Crippen LogP contribution in [-0.4, -0.2) is 63.2 Å². The molecule has 3 heterocycles. The lowest BCUT2D eigenvalue weighted by molar-refractivity contribution is -0.138. The number of hydrogen-bond acceptors (Lipinski definition) is 5. The normalized spacial score (nSPS) is 18.0. The number of aromatic nitrogens is 2. The summed E-state index contributed by atoms with van der Waals surface area (Å²) in [5, 5.41) is 7.98. The average molecular weight is 532 g/mol. The maximum absolute atomic E-state index is 13.8. The number of aliphatic imine (C=N–C) groups is 1. The van der Waals surface area contributed by atoms with Gasteiger partial charge in [-0.2, -0.15) is 23.3 Å². The number of carbonyl (C=O) groups excluding carboxylic acids is 2. The number of rotatable bonds is 3. The minimum Gasteiger partial charge on any atom is -0.347 e. The van der Waals surface area contributed by atoms with Crippen molar-refractivity contribution in [2.24, 2.45) is 4.99 Å². The van der Waals surface area contributed by atoms with Gasteiger partial charge in [0.2, 0.25) is 5.91 Å². The predicted octanol–water partition coefficient (Wildman–Crippen LogP) is 4.47. The van der Waals surface area contributed by atoms with Gasteiger partial charge in [0.15, 0.2) is 5.17 Å².